The van der Waals surface area contributed by atoms with Crippen LogP contribution in [0, 0.1) is 0 Å². The van der Waals surface area contributed by atoms with Crippen molar-refractivity contribution in [3.8, 4) is 5.75 Å². The summed E-state index contributed by atoms with van der Waals surface area (Å²) < 4.78 is 30.0. The highest BCUT2D eigenvalue weighted by atomic mass is 79.9. The Balaban J connectivity index is 1.13. The molecule has 0 unspecified atom stereocenters. The van der Waals surface area contributed by atoms with Crippen LogP contribution in [0.5, 0.6) is 5.75 Å². The first-order chi connectivity index (χ1) is 16.3. The molecule has 1 aliphatic heterocycles. The quantitative estimate of drug-likeness (QED) is 0.437. The number of amides is 1. The average Bonchev–Trinajstić information content (AvgIpc) is 3.39. The zero-order chi connectivity index (χ0) is 23.7. The van der Waals surface area contributed by atoms with Gasteiger partial charge in [0.2, 0.25) is 5.95 Å². The van der Waals surface area contributed by atoms with Crippen LogP contribution in [0.2, 0.25) is 0 Å². The number of nitrogens with one attached hydrogen (secondary N) is 2. The number of hydrogen-bond acceptors (Lipinski definition) is 8. The first kappa shape index (κ1) is 22.4. The minimum absolute atomic E-state index is 0.0713. The number of halogens is 3. The van der Waals surface area contributed by atoms with Crippen LogP contribution in [0.3, 0.4) is 0 Å². The number of anilines is 3. The first-order valence-electron chi connectivity index (χ1n) is 10.7. The number of hydrogen-bond donors (Lipinski definition) is 2. The topological polar surface area (TPSA) is 105 Å². The Morgan fingerprint density at radius 3 is 2.47 bits per heavy atom. The van der Waals surface area contributed by atoms with Gasteiger partial charge < -0.3 is 20.3 Å². The van der Waals surface area contributed by atoms with Gasteiger partial charge in [-0.05, 0) is 43.5 Å². The van der Waals surface area contributed by atoms with Crippen molar-refractivity contribution in [1.29, 1.82) is 0 Å². The van der Waals surface area contributed by atoms with E-state index in [4.69, 9.17) is 0 Å². The molecular weight excluding hydrogens is 512 g/mol. The zero-order valence-corrected chi connectivity index (χ0v) is 19.4. The molecule has 4 heterocycles. The van der Waals surface area contributed by atoms with E-state index in [1.165, 1.54) is 12.4 Å². The molecule has 2 N–H and O–H groups in total. The van der Waals surface area contributed by atoms with Gasteiger partial charge in [0.15, 0.2) is 5.75 Å². The molecule has 2 atom stereocenters. The van der Waals surface area contributed by atoms with Crippen molar-refractivity contribution in [2.75, 3.05) is 15.5 Å². The Morgan fingerprint density at radius 1 is 1.03 bits per heavy atom. The number of carbonyl (C=O) groups excluding carboxylic acids is 1. The summed E-state index contributed by atoms with van der Waals surface area (Å²) in [5, 5.41) is 3.18. The number of pyridine rings is 2. The number of rotatable bonds is 7. The SMILES string of the molecule is O=C1c2cccnc2CN1c1ccc(N[C@H]2CC[C@H](Nc3ncc(OC(F)(F)Br)cn3)C2)nc1. The normalized spacial score (nSPS) is 19.7. The van der Waals surface area contributed by atoms with E-state index in [2.05, 4.69) is 51.2 Å². The minimum Gasteiger partial charge on any atom is -0.421 e. The maximum Gasteiger partial charge on any atom is 0.459 e. The summed E-state index contributed by atoms with van der Waals surface area (Å²) in [4.78, 5) is 31.1. The first-order valence-corrected chi connectivity index (χ1v) is 11.5. The molecular formula is C22H20BrF2N7O2. The highest BCUT2D eigenvalue weighted by molar-refractivity contribution is 9.09. The highest BCUT2D eigenvalue weighted by Gasteiger charge is 2.30. The predicted octanol–water partition coefficient (Wildman–Crippen LogP) is 4.20. The monoisotopic (exact) mass is 531 g/mol. The van der Waals surface area contributed by atoms with Crippen LogP contribution < -0.4 is 20.3 Å². The number of ether oxygens (including phenoxy) is 1. The molecule has 1 amide bonds. The van der Waals surface area contributed by atoms with Gasteiger partial charge in [0.25, 0.3) is 5.91 Å². The summed E-state index contributed by atoms with van der Waals surface area (Å²) in [5.74, 6) is 0.871. The van der Waals surface area contributed by atoms with Crippen LogP contribution >= 0.6 is 15.9 Å². The van der Waals surface area contributed by atoms with Crippen LogP contribution in [0.4, 0.5) is 26.2 Å². The third-order valence-electron chi connectivity index (χ3n) is 5.71. The highest BCUT2D eigenvalue weighted by Crippen LogP contribution is 2.29. The Bertz CT molecular complexity index is 1180. The molecule has 1 fully saturated rings. The van der Waals surface area contributed by atoms with Crippen LogP contribution in [0.15, 0.2) is 49.1 Å². The van der Waals surface area contributed by atoms with Gasteiger partial charge in [-0.2, -0.15) is 8.78 Å². The van der Waals surface area contributed by atoms with E-state index in [1.54, 1.807) is 29.4 Å². The number of carbonyl (C=O) groups is 1. The lowest BCUT2D eigenvalue weighted by Gasteiger charge is -2.17. The molecule has 2 aliphatic rings. The van der Waals surface area contributed by atoms with Gasteiger partial charge in [0.1, 0.15) is 5.82 Å². The summed E-state index contributed by atoms with van der Waals surface area (Å²) in [6.07, 6.45) is 8.39. The molecule has 0 radical (unpaired) electrons. The summed E-state index contributed by atoms with van der Waals surface area (Å²) in [6.45, 7) is 0.438. The van der Waals surface area contributed by atoms with Gasteiger partial charge in [-0.25, -0.2) is 15.0 Å². The molecule has 34 heavy (non-hydrogen) atoms. The Kier molecular flexibility index (Phi) is 5.98. The van der Waals surface area contributed by atoms with Gasteiger partial charge >= 0.3 is 5.02 Å². The molecule has 3 aromatic heterocycles. The summed E-state index contributed by atoms with van der Waals surface area (Å²) >= 11 is 2.11. The molecule has 176 valence electrons. The molecule has 0 spiro atoms. The maximum absolute atomic E-state index is 12.8. The fourth-order valence-electron chi connectivity index (χ4n) is 4.18. The molecule has 0 aromatic carbocycles. The van der Waals surface area contributed by atoms with Crippen molar-refractivity contribution in [3.63, 3.8) is 0 Å². The van der Waals surface area contributed by atoms with Crippen LogP contribution in [0.25, 0.3) is 0 Å². The Hall–Kier alpha value is -3.41. The molecule has 5 rings (SSSR count). The van der Waals surface area contributed by atoms with Crippen molar-refractivity contribution < 1.29 is 18.3 Å². The molecule has 0 bridgehead atoms. The molecule has 1 saturated carbocycles. The number of aromatic nitrogens is 4. The van der Waals surface area contributed by atoms with E-state index in [1.807, 2.05) is 12.1 Å². The summed E-state index contributed by atoms with van der Waals surface area (Å²) in [5.41, 5.74) is 2.12. The van der Waals surface area contributed by atoms with Crippen LogP contribution in [-0.2, 0) is 6.54 Å². The van der Waals surface area contributed by atoms with Gasteiger partial charge in [0.05, 0.1) is 42.1 Å². The molecule has 1 aliphatic carbocycles. The lowest BCUT2D eigenvalue weighted by Crippen LogP contribution is -2.24. The second-order valence-electron chi connectivity index (χ2n) is 8.08. The van der Waals surface area contributed by atoms with E-state index in [-0.39, 0.29) is 23.7 Å². The zero-order valence-electron chi connectivity index (χ0n) is 17.8. The third kappa shape index (κ3) is 5.06. The lowest BCUT2D eigenvalue weighted by atomic mass is 10.2. The number of fused-ring (bicyclic) bond motifs is 1. The van der Waals surface area contributed by atoms with Crippen molar-refractivity contribution in [2.45, 2.75) is 42.9 Å². The summed E-state index contributed by atoms with van der Waals surface area (Å²) in [7, 11) is 0. The average molecular weight is 532 g/mol. The van der Waals surface area contributed by atoms with E-state index in [0.717, 1.165) is 36.5 Å². The molecule has 0 saturated heterocycles. The number of alkyl halides is 3. The number of nitrogens with zero attached hydrogens (tertiary/aromatic N) is 5. The van der Waals surface area contributed by atoms with Crippen molar-refractivity contribution in [1.82, 2.24) is 19.9 Å². The van der Waals surface area contributed by atoms with Gasteiger partial charge in [-0.15, -0.1) is 0 Å². The minimum atomic E-state index is -3.46. The molecule has 9 nitrogen and oxygen atoms in total. The smallest absolute Gasteiger partial charge is 0.421 e. The summed E-state index contributed by atoms with van der Waals surface area (Å²) in [6, 6.07) is 7.62. The largest absolute Gasteiger partial charge is 0.459 e. The Morgan fingerprint density at radius 2 is 1.79 bits per heavy atom. The standard InChI is InChI=1S/C22H20BrF2N7O2/c23-22(24,25)34-16-10-28-21(29-11-16)31-14-4-3-13(8-14)30-19-6-5-15(9-27-19)32-12-18-17(20(32)33)2-1-7-26-18/h1-2,5-7,9-11,13-14H,3-4,8,12H2,(H,27,30)(H,28,29,31)/t13-,14-/m0/s1. The van der Waals surface area contributed by atoms with Crippen molar-refractivity contribution in [3.05, 3.63) is 60.3 Å². The fraction of sp³-hybridized carbons (Fsp3) is 0.318. The van der Waals surface area contributed by atoms with Crippen LogP contribution in [0.1, 0.15) is 35.3 Å². The Labute approximate surface area is 202 Å². The van der Waals surface area contributed by atoms with E-state index < -0.39 is 5.02 Å². The van der Waals surface area contributed by atoms with Gasteiger partial charge in [0, 0.05) is 34.2 Å². The maximum atomic E-state index is 12.8. The van der Waals surface area contributed by atoms with Gasteiger partial charge in [-0.1, -0.05) is 0 Å². The van der Waals surface area contributed by atoms with E-state index in [9.17, 15) is 13.6 Å². The second kappa shape index (κ2) is 9.09. The predicted molar refractivity (Wildman–Crippen MR) is 124 cm³/mol. The van der Waals surface area contributed by atoms with Crippen molar-refractivity contribution in [2.24, 2.45) is 0 Å². The van der Waals surface area contributed by atoms with E-state index >= 15 is 0 Å². The lowest BCUT2D eigenvalue weighted by molar-refractivity contribution is -0.0807. The van der Waals surface area contributed by atoms with Crippen molar-refractivity contribution >= 4 is 39.3 Å². The van der Waals surface area contributed by atoms with E-state index in [0.29, 0.717) is 18.1 Å². The second-order valence-corrected chi connectivity index (χ2v) is 9.00. The fourth-order valence-corrected chi connectivity index (χ4v) is 4.36. The molecule has 12 heteroatoms. The van der Waals surface area contributed by atoms with Crippen LogP contribution in [-0.4, -0.2) is 42.9 Å². The molecule has 3 aromatic rings. The third-order valence-corrected chi connectivity index (χ3v) is 5.87. The van der Waals surface area contributed by atoms with Gasteiger partial charge in [-0.3, -0.25) is 9.78 Å².